The number of benzene rings is 1. The summed E-state index contributed by atoms with van der Waals surface area (Å²) in [5, 5.41) is 17.7. The van der Waals surface area contributed by atoms with E-state index in [4.69, 9.17) is 5.73 Å². The molecule has 0 unspecified atom stereocenters. The summed E-state index contributed by atoms with van der Waals surface area (Å²) in [7, 11) is 0. The number of hydrogen-bond donors (Lipinski definition) is 3. The highest BCUT2D eigenvalue weighted by molar-refractivity contribution is 6.07. The highest BCUT2D eigenvalue weighted by Gasteiger charge is 2.16. The minimum atomic E-state index is -0.754. The van der Waals surface area contributed by atoms with Gasteiger partial charge in [-0.1, -0.05) is 18.2 Å². The number of hydrogen-bond acceptors (Lipinski definition) is 6. The normalized spacial score (nSPS) is 10.0. The van der Waals surface area contributed by atoms with E-state index >= 15 is 0 Å². The summed E-state index contributed by atoms with van der Waals surface area (Å²) in [6.45, 7) is 0. The fourth-order valence-corrected chi connectivity index (χ4v) is 2.16. The van der Waals surface area contributed by atoms with Gasteiger partial charge in [-0.05, 0) is 6.07 Å². The first-order chi connectivity index (χ1) is 12.1. The zero-order valence-electron chi connectivity index (χ0n) is 12.7. The van der Waals surface area contributed by atoms with E-state index in [9.17, 15) is 14.9 Å². The lowest BCUT2D eigenvalue weighted by atomic mass is 10.1. The van der Waals surface area contributed by atoms with E-state index in [2.05, 4.69) is 31.6 Å². The van der Waals surface area contributed by atoms with Crippen LogP contribution in [0.3, 0.4) is 0 Å². The standard InChI is InChI=1S/C16H11N7O2/c17-5-9-3-1-2-4-10(9)11-6-19-7-13(21-11)16(25)22-12-8-20-23-14(12)15(18)24/h1-4,6-8H,(H2,18,24)(H,20,23)(H,22,25). The fourth-order valence-electron chi connectivity index (χ4n) is 2.16. The molecule has 3 rings (SSSR count). The third-order valence-corrected chi connectivity index (χ3v) is 3.32. The quantitative estimate of drug-likeness (QED) is 0.650. The summed E-state index contributed by atoms with van der Waals surface area (Å²) in [6, 6.07) is 8.92. The van der Waals surface area contributed by atoms with Crippen molar-refractivity contribution in [3.05, 3.63) is 59.8 Å². The van der Waals surface area contributed by atoms with Crippen LogP contribution in [-0.2, 0) is 0 Å². The van der Waals surface area contributed by atoms with E-state index in [1.54, 1.807) is 24.3 Å². The molecule has 9 nitrogen and oxygen atoms in total. The molecule has 0 aliphatic carbocycles. The lowest BCUT2D eigenvalue weighted by molar-refractivity contribution is 0.0996. The molecule has 122 valence electrons. The first kappa shape index (κ1) is 15.8. The number of aromatic amines is 1. The van der Waals surface area contributed by atoms with E-state index < -0.39 is 11.8 Å². The molecule has 1 aromatic carbocycles. The van der Waals surface area contributed by atoms with Gasteiger partial charge in [-0.25, -0.2) is 4.98 Å². The van der Waals surface area contributed by atoms with E-state index in [1.165, 1.54) is 18.6 Å². The maximum absolute atomic E-state index is 12.4. The zero-order chi connectivity index (χ0) is 17.8. The second-order valence-electron chi connectivity index (χ2n) is 4.92. The molecule has 0 bridgehead atoms. The highest BCUT2D eigenvalue weighted by atomic mass is 16.2. The Kier molecular flexibility index (Phi) is 4.17. The number of nitrogens with two attached hydrogens (primary N) is 1. The van der Waals surface area contributed by atoms with Crippen molar-refractivity contribution in [2.45, 2.75) is 0 Å². The summed E-state index contributed by atoms with van der Waals surface area (Å²) in [6.07, 6.45) is 4.00. The van der Waals surface area contributed by atoms with Gasteiger partial charge in [0.25, 0.3) is 11.8 Å². The van der Waals surface area contributed by atoms with E-state index in [0.717, 1.165) is 0 Å². The lowest BCUT2D eigenvalue weighted by Gasteiger charge is -2.06. The maximum atomic E-state index is 12.4. The minimum absolute atomic E-state index is 0.0156. The number of anilines is 1. The Morgan fingerprint density at radius 3 is 2.76 bits per heavy atom. The van der Waals surface area contributed by atoms with Gasteiger partial charge in [0.2, 0.25) is 0 Å². The number of primary amides is 1. The summed E-state index contributed by atoms with van der Waals surface area (Å²) < 4.78 is 0. The van der Waals surface area contributed by atoms with Gasteiger partial charge in [-0.3, -0.25) is 19.7 Å². The predicted molar refractivity (Wildman–Crippen MR) is 87.2 cm³/mol. The Balaban J connectivity index is 1.91. The van der Waals surface area contributed by atoms with Gasteiger partial charge in [0.1, 0.15) is 11.4 Å². The van der Waals surface area contributed by atoms with Gasteiger partial charge >= 0.3 is 0 Å². The lowest BCUT2D eigenvalue weighted by Crippen LogP contribution is -2.18. The maximum Gasteiger partial charge on any atom is 0.275 e. The average Bonchev–Trinajstić information content (AvgIpc) is 3.10. The van der Waals surface area contributed by atoms with Crippen LogP contribution in [0, 0.1) is 11.3 Å². The second-order valence-corrected chi connectivity index (χ2v) is 4.92. The number of carbonyl (C=O) groups is 2. The molecule has 0 saturated carbocycles. The van der Waals surface area contributed by atoms with Gasteiger partial charge in [-0.2, -0.15) is 10.4 Å². The van der Waals surface area contributed by atoms with E-state index in [0.29, 0.717) is 16.8 Å². The Morgan fingerprint density at radius 1 is 1.20 bits per heavy atom. The van der Waals surface area contributed by atoms with Gasteiger partial charge in [0.15, 0.2) is 0 Å². The number of amides is 2. The first-order valence-electron chi connectivity index (χ1n) is 7.06. The molecule has 0 fully saturated rings. The molecule has 4 N–H and O–H groups in total. The Bertz CT molecular complexity index is 1000. The number of nitrogens with zero attached hydrogens (tertiary/aromatic N) is 4. The van der Waals surface area contributed by atoms with Crippen molar-refractivity contribution in [1.82, 2.24) is 20.2 Å². The van der Waals surface area contributed by atoms with Crippen LogP contribution < -0.4 is 11.1 Å². The van der Waals surface area contributed by atoms with Crippen molar-refractivity contribution in [2.24, 2.45) is 5.73 Å². The van der Waals surface area contributed by atoms with Gasteiger partial charge in [-0.15, -0.1) is 0 Å². The topological polar surface area (TPSA) is 150 Å². The predicted octanol–water partition coefficient (Wildman–Crippen LogP) is 1.09. The Labute approximate surface area is 141 Å². The summed E-state index contributed by atoms with van der Waals surface area (Å²) in [4.78, 5) is 31.8. The van der Waals surface area contributed by atoms with Crippen LogP contribution in [0.4, 0.5) is 5.69 Å². The number of rotatable bonds is 4. The number of nitriles is 1. The van der Waals surface area contributed by atoms with Crippen LogP contribution in [0.1, 0.15) is 26.5 Å². The van der Waals surface area contributed by atoms with Crippen molar-refractivity contribution in [3.8, 4) is 17.3 Å². The summed E-state index contributed by atoms with van der Waals surface area (Å²) in [5.74, 6) is -1.34. The largest absolute Gasteiger partial charge is 0.364 e. The SMILES string of the molecule is N#Cc1ccccc1-c1cncc(C(=O)Nc2cn[nH]c2C(N)=O)n1. The van der Waals surface area contributed by atoms with Crippen LogP contribution in [0.5, 0.6) is 0 Å². The first-order valence-corrected chi connectivity index (χ1v) is 7.06. The molecule has 25 heavy (non-hydrogen) atoms. The van der Waals surface area contributed by atoms with Gasteiger partial charge in [0, 0.05) is 5.56 Å². The fraction of sp³-hybridized carbons (Fsp3) is 0. The molecule has 0 aliphatic rings. The molecule has 3 aromatic rings. The molecule has 0 atom stereocenters. The molecule has 9 heteroatoms. The van der Waals surface area contributed by atoms with E-state index in [1.807, 2.05) is 0 Å². The third-order valence-electron chi connectivity index (χ3n) is 3.32. The van der Waals surface area contributed by atoms with Crippen LogP contribution in [0.15, 0.2) is 42.9 Å². The molecular formula is C16H11N7O2. The molecule has 2 heterocycles. The van der Waals surface area contributed by atoms with Crippen molar-refractivity contribution in [3.63, 3.8) is 0 Å². The van der Waals surface area contributed by atoms with Gasteiger partial charge < -0.3 is 11.1 Å². The van der Waals surface area contributed by atoms with Crippen LogP contribution in [0.25, 0.3) is 11.3 Å². The summed E-state index contributed by atoms with van der Waals surface area (Å²) in [5.41, 5.74) is 6.68. The Morgan fingerprint density at radius 2 is 2.00 bits per heavy atom. The average molecular weight is 333 g/mol. The van der Waals surface area contributed by atoms with Crippen LogP contribution >= 0.6 is 0 Å². The van der Waals surface area contributed by atoms with Gasteiger partial charge in [0.05, 0.1) is 41.6 Å². The van der Waals surface area contributed by atoms with E-state index in [-0.39, 0.29) is 17.1 Å². The molecule has 0 saturated heterocycles. The molecular weight excluding hydrogens is 322 g/mol. The van der Waals surface area contributed by atoms with Crippen LogP contribution in [-0.4, -0.2) is 32.0 Å². The minimum Gasteiger partial charge on any atom is -0.364 e. The highest BCUT2D eigenvalue weighted by Crippen LogP contribution is 2.21. The zero-order valence-corrected chi connectivity index (χ0v) is 12.7. The molecule has 2 aromatic heterocycles. The monoisotopic (exact) mass is 333 g/mol. The molecule has 0 aliphatic heterocycles. The molecule has 0 radical (unpaired) electrons. The number of aromatic nitrogens is 4. The van der Waals surface area contributed by atoms with Crippen molar-refractivity contribution >= 4 is 17.5 Å². The molecule has 2 amide bonds. The number of nitrogens with one attached hydrogen (secondary N) is 2. The van der Waals surface area contributed by atoms with Crippen molar-refractivity contribution in [2.75, 3.05) is 5.32 Å². The molecule has 0 spiro atoms. The summed E-state index contributed by atoms with van der Waals surface area (Å²) >= 11 is 0. The Hall–Kier alpha value is -4.06. The third kappa shape index (κ3) is 3.18. The van der Waals surface area contributed by atoms with Crippen LogP contribution in [0.2, 0.25) is 0 Å². The number of H-pyrrole nitrogens is 1. The van der Waals surface area contributed by atoms with Crippen molar-refractivity contribution < 1.29 is 9.59 Å². The van der Waals surface area contributed by atoms with Crippen molar-refractivity contribution in [1.29, 1.82) is 5.26 Å². The number of carbonyl (C=O) groups excluding carboxylic acids is 2. The second kappa shape index (κ2) is 6.59. The smallest absolute Gasteiger partial charge is 0.275 e.